The Kier molecular flexibility index (Phi) is 4.58. The predicted molar refractivity (Wildman–Crippen MR) is 125 cm³/mol. The summed E-state index contributed by atoms with van der Waals surface area (Å²) in [5.41, 5.74) is 4.68. The molecule has 0 saturated carbocycles. The van der Waals surface area contributed by atoms with E-state index in [1.54, 1.807) is 19.2 Å². The first-order valence-electron chi connectivity index (χ1n) is 11.4. The molecule has 2 aromatic heterocycles. The minimum atomic E-state index is -0.495. The van der Waals surface area contributed by atoms with Gasteiger partial charge in [-0.05, 0) is 55.2 Å². The molecule has 0 atom stereocenters. The molecule has 4 heterocycles. The lowest BCUT2D eigenvalue weighted by molar-refractivity contribution is -0.133. The number of para-hydroxylation sites is 2. The van der Waals surface area contributed by atoms with Crippen molar-refractivity contribution < 1.29 is 13.9 Å². The molecular weight excluding hydrogens is 420 g/mol. The molecule has 8 heteroatoms. The van der Waals surface area contributed by atoms with Crippen LogP contribution in [0.4, 0.5) is 0 Å². The standard InChI is InChI=1S/C25H26N4O4/c1-32-16-6-7-19-18(14-16)17-8-11-26-25(23(17)27-19)9-12-28(13-10-25)22(30)15-29-20-4-2-3-5-21(20)33-24(29)31/h2-7,14,26-27H,8-13,15H2,1H3. The summed E-state index contributed by atoms with van der Waals surface area (Å²) in [6.45, 7) is 2.16. The lowest BCUT2D eigenvalue weighted by Crippen LogP contribution is -2.55. The van der Waals surface area contributed by atoms with Crippen LogP contribution in [-0.2, 0) is 23.3 Å². The van der Waals surface area contributed by atoms with Crippen LogP contribution >= 0.6 is 0 Å². The number of aromatic nitrogens is 2. The highest BCUT2D eigenvalue weighted by Gasteiger charge is 2.42. The van der Waals surface area contributed by atoms with Gasteiger partial charge in [0.15, 0.2) is 5.58 Å². The lowest BCUT2D eigenvalue weighted by atomic mass is 9.79. The summed E-state index contributed by atoms with van der Waals surface area (Å²) in [4.78, 5) is 30.9. The Bertz CT molecular complexity index is 1420. The predicted octanol–water partition coefficient (Wildman–Crippen LogP) is 2.75. The summed E-state index contributed by atoms with van der Waals surface area (Å²) in [5, 5.41) is 4.97. The van der Waals surface area contributed by atoms with Crippen molar-refractivity contribution in [1.29, 1.82) is 0 Å². The molecule has 8 nitrogen and oxygen atoms in total. The molecule has 2 aromatic carbocycles. The number of rotatable bonds is 3. The van der Waals surface area contributed by atoms with Crippen LogP contribution in [0.5, 0.6) is 5.75 Å². The molecule has 1 spiro atoms. The van der Waals surface area contributed by atoms with Crippen molar-refractivity contribution in [1.82, 2.24) is 19.8 Å². The van der Waals surface area contributed by atoms with Crippen molar-refractivity contribution in [2.75, 3.05) is 26.7 Å². The monoisotopic (exact) mass is 446 g/mol. The number of amides is 1. The number of piperidine rings is 1. The number of carbonyl (C=O) groups excluding carboxylic acids is 1. The number of methoxy groups -OCH3 is 1. The molecular formula is C25H26N4O4. The van der Waals surface area contributed by atoms with E-state index in [0.717, 1.165) is 37.1 Å². The lowest BCUT2D eigenvalue weighted by Gasteiger charge is -2.44. The molecule has 4 aromatic rings. The number of hydrogen-bond donors (Lipinski definition) is 2. The van der Waals surface area contributed by atoms with E-state index >= 15 is 0 Å². The Morgan fingerprint density at radius 3 is 2.82 bits per heavy atom. The van der Waals surface area contributed by atoms with Crippen molar-refractivity contribution in [3.8, 4) is 5.75 Å². The molecule has 2 aliphatic heterocycles. The number of H-pyrrole nitrogens is 1. The Labute approximate surface area is 190 Å². The van der Waals surface area contributed by atoms with Gasteiger partial charge in [-0.3, -0.25) is 9.36 Å². The highest BCUT2D eigenvalue weighted by molar-refractivity contribution is 5.87. The minimum absolute atomic E-state index is 0.00624. The van der Waals surface area contributed by atoms with E-state index in [1.807, 2.05) is 23.1 Å². The van der Waals surface area contributed by atoms with Gasteiger partial charge in [-0.25, -0.2) is 4.79 Å². The van der Waals surface area contributed by atoms with Gasteiger partial charge in [0.05, 0.1) is 18.2 Å². The second-order valence-corrected chi connectivity index (χ2v) is 8.95. The Morgan fingerprint density at radius 2 is 2.00 bits per heavy atom. The Morgan fingerprint density at radius 1 is 1.18 bits per heavy atom. The summed E-state index contributed by atoms with van der Waals surface area (Å²) >= 11 is 0. The van der Waals surface area contributed by atoms with E-state index in [2.05, 4.69) is 22.4 Å². The van der Waals surface area contributed by atoms with Crippen molar-refractivity contribution >= 4 is 27.9 Å². The summed E-state index contributed by atoms with van der Waals surface area (Å²) in [5.74, 6) is 0.306. The summed E-state index contributed by atoms with van der Waals surface area (Å²) in [6.07, 6.45) is 2.59. The normalized spacial score (nSPS) is 17.5. The molecule has 0 unspecified atom stereocenters. The van der Waals surface area contributed by atoms with Crippen LogP contribution in [0.1, 0.15) is 24.1 Å². The van der Waals surface area contributed by atoms with Gasteiger partial charge in [0, 0.05) is 36.2 Å². The maximum Gasteiger partial charge on any atom is 0.420 e. The number of benzene rings is 2. The maximum absolute atomic E-state index is 13.1. The van der Waals surface area contributed by atoms with Crippen LogP contribution < -0.4 is 15.8 Å². The number of nitrogens with zero attached hydrogens (tertiary/aromatic N) is 2. The first-order valence-corrected chi connectivity index (χ1v) is 11.4. The van der Waals surface area contributed by atoms with Gasteiger partial charge in [-0.15, -0.1) is 0 Å². The van der Waals surface area contributed by atoms with Crippen LogP contribution in [0.2, 0.25) is 0 Å². The number of nitrogens with one attached hydrogen (secondary N) is 2. The fraction of sp³-hybridized carbons (Fsp3) is 0.360. The molecule has 6 rings (SSSR count). The minimum Gasteiger partial charge on any atom is -0.497 e. The van der Waals surface area contributed by atoms with Crippen molar-refractivity contribution in [3.63, 3.8) is 0 Å². The molecule has 1 fully saturated rings. The average Bonchev–Trinajstić information content (AvgIpc) is 3.37. The van der Waals surface area contributed by atoms with Crippen molar-refractivity contribution in [2.24, 2.45) is 0 Å². The largest absolute Gasteiger partial charge is 0.497 e. The molecule has 33 heavy (non-hydrogen) atoms. The van der Waals surface area contributed by atoms with Gasteiger partial charge in [0.1, 0.15) is 12.3 Å². The first kappa shape index (κ1) is 20.1. The number of fused-ring (bicyclic) bond motifs is 5. The molecule has 1 saturated heterocycles. The van der Waals surface area contributed by atoms with E-state index in [9.17, 15) is 9.59 Å². The van der Waals surface area contributed by atoms with Gasteiger partial charge < -0.3 is 24.4 Å². The van der Waals surface area contributed by atoms with E-state index in [1.165, 1.54) is 21.2 Å². The number of hydrogen-bond acceptors (Lipinski definition) is 5. The third-order valence-electron chi connectivity index (χ3n) is 7.27. The molecule has 1 amide bonds. The van der Waals surface area contributed by atoms with E-state index in [4.69, 9.17) is 9.15 Å². The SMILES string of the molecule is COc1ccc2[nH]c3c(c2c1)CCNC31CCN(C(=O)Cn2c(=O)oc3ccccc32)CC1. The van der Waals surface area contributed by atoms with E-state index in [0.29, 0.717) is 24.2 Å². The highest BCUT2D eigenvalue weighted by atomic mass is 16.5. The number of ether oxygens (including phenoxy) is 1. The number of likely N-dealkylation sites (tertiary alicyclic amines) is 1. The molecule has 0 bridgehead atoms. The van der Waals surface area contributed by atoms with E-state index in [-0.39, 0.29) is 18.0 Å². The van der Waals surface area contributed by atoms with Gasteiger partial charge >= 0.3 is 5.76 Å². The molecule has 170 valence electrons. The van der Waals surface area contributed by atoms with Gasteiger partial charge in [0.25, 0.3) is 0 Å². The summed E-state index contributed by atoms with van der Waals surface area (Å²) in [7, 11) is 1.69. The van der Waals surface area contributed by atoms with Crippen molar-refractivity contribution in [3.05, 3.63) is 64.3 Å². The van der Waals surface area contributed by atoms with E-state index < -0.39 is 5.76 Å². The quantitative estimate of drug-likeness (QED) is 0.505. The topological polar surface area (TPSA) is 92.5 Å². The first-order chi connectivity index (χ1) is 16.1. The zero-order valence-corrected chi connectivity index (χ0v) is 18.5. The number of aromatic amines is 1. The molecule has 0 radical (unpaired) electrons. The smallest absolute Gasteiger partial charge is 0.420 e. The van der Waals surface area contributed by atoms with Gasteiger partial charge in [-0.2, -0.15) is 0 Å². The fourth-order valence-corrected chi connectivity index (χ4v) is 5.50. The van der Waals surface area contributed by atoms with Gasteiger partial charge in [-0.1, -0.05) is 12.1 Å². The third-order valence-corrected chi connectivity index (χ3v) is 7.27. The summed E-state index contributed by atoms with van der Waals surface area (Å²) in [6, 6.07) is 13.4. The van der Waals surface area contributed by atoms with Crippen LogP contribution in [0.25, 0.3) is 22.0 Å². The Balaban J connectivity index is 1.23. The highest BCUT2D eigenvalue weighted by Crippen LogP contribution is 2.40. The average molecular weight is 447 g/mol. The second-order valence-electron chi connectivity index (χ2n) is 8.95. The molecule has 0 aliphatic carbocycles. The zero-order chi connectivity index (χ0) is 22.6. The van der Waals surface area contributed by atoms with Crippen LogP contribution in [0.15, 0.2) is 51.7 Å². The van der Waals surface area contributed by atoms with Crippen LogP contribution in [0, 0.1) is 0 Å². The van der Waals surface area contributed by atoms with Crippen LogP contribution in [0.3, 0.4) is 0 Å². The van der Waals surface area contributed by atoms with Gasteiger partial charge in [0.2, 0.25) is 5.91 Å². The molecule has 2 N–H and O–H groups in total. The fourth-order valence-electron chi connectivity index (χ4n) is 5.50. The maximum atomic E-state index is 13.1. The van der Waals surface area contributed by atoms with Crippen LogP contribution in [-0.4, -0.2) is 47.1 Å². The zero-order valence-electron chi connectivity index (χ0n) is 18.5. The molecule has 2 aliphatic rings. The third kappa shape index (κ3) is 3.16. The number of oxazole rings is 1. The number of carbonyl (C=O) groups is 1. The Hall–Kier alpha value is -3.52. The summed E-state index contributed by atoms with van der Waals surface area (Å²) < 4.78 is 12.1. The second kappa shape index (κ2) is 7.52. The van der Waals surface area contributed by atoms with Crippen molar-refractivity contribution in [2.45, 2.75) is 31.3 Å².